The smallest absolute Gasteiger partial charge is 0.239 e. The molecule has 0 aliphatic carbocycles. The lowest BCUT2D eigenvalue weighted by Crippen LogP contribution is -2.04. The largest absolute Gasteiger partial charge is 0.479 e. The Kier molecular flexibility index (Phi) is 2.63. The van der Waals surface area contributed by atoms with E-state index in [2.05, 4.69) is 9.98 Å². The van der Waals surface area contributed by atoms with Gasteiger partial charge in [-0.25, -0.2) is 9.98 Å². The van der Waals surface area contributed by atoms with Crippen LogP contribution in [-0.4, -0.2) is 17.9 Å². The molecule has 1 aromatic heterocycles. The van der Waals surface area contributed by atoms with E-state index in [9.17, 15) is 0 Å². The van der Waals surface area contributed by atoms with E-state index in [-0.39, 0.29) is 0 Å². The summed E-state index contributed by atoms with van der Waals surface area (Å²) in [6.45, 7) is 1.71. The number of nitrogens with zero attached hydrogens (tertiary/aromatic N) is 2. The molecule has 1 rings (SSSR count). The van der Waals surface area contributed by atoms with Crippen molar-refractivity contribution in [3.63, 3.8) is 0 Å². The summed E-state index contributed by atoms with van der Waals surface area (Å²) < 4.78 is 4.97. The lowest BCUT2D eigenvalue weighted by molar-refractivity contribution is 0.399. The number of pyridine rings is 1. The van der Waals surface area contributed by atoms with E-state index >= 15 is 0 Å². The molecule has 0 aromatic carbocycles. The Morgan fingerprint density at radius 2 is 2.42 bits per heavy atom. The molecule has 2 N–H and O–H groups in total. The first-order valence-corrected chi connectivity index (χ1v) is 3.54. The van der Waals surface area contributed by atoms with E-state index in [1.807, 2.05) is 0 Å². The van der Waals surface area contributed by atoms with Gasteiger partial charge in [-0.05, 0) is 19.1 Å². The molecule has 0 spiro atoms. The van der Waals surface area contributed by atoms with E-state index in [1.165, 1.54) is 0 Å². The average molecular weight is 165 g/mol. The zero-order valence-electron chi connectivity index (χ0n) is 7.11. The van der Waals surface area contributed by atoms with Gasteiger partial charge in [-0.15, -0.1) is 0 Å². The van der Waals surface area contributed by atoms with Crippen LogP contribution in [0.3, 0.4) is 0 Å². The number of ether oxygens (including phenoxy) is 1. The molecule has 1 heterocycles. The molecule has 1 aromatic rings. The highest BCUT2D eigenvalue weighted by Crippen LogP contribution is 2.22. The third kappa shape index (κ3) is 1.95. The number of hydrogen-bond acceptors (Lipinski definition) is 3. The van der Waals surface area contributed by atoms with Crippen molar-refractivity contribution in [2.75, 3.05) is 7.11 Å². The van der Waals surface area contributed by atoms with E-state index in [1.54, 1.807) is 32.4 Å². The third-order valence-electron chi connectivity index (χ3n) is 1.24. The maximum atomic E-state index is 5.41. The fourth-order valence-electron chi connectivity index (χ4n) is 0.815. The van der Waals surface area contributed by atoms with Crippen LogP contribution in [0.15, 0.2) is 23.3 Å². The molecule has 12 heavy (non-hydrogen) atoms. The predicted octanol–water partition coefficient (Wildman–Crippen LogP) is 1.10. The maximum Gasteiger partial charge on any atom is 0.239 e. The van der Waals surface area contributed by atoms with Crippen LogP contribution in [0.5, 0.6) is 5.88 Å². The zero-order chi connectivity index (χ0) is 8.97. The second kappa shape index (κ2) is 3.71. The van der Waals surface area contributed by atoms with Crippen LogP contribution in [0.4, 0.5) is 5.69 Å². The Bertz CT molecular complexity index is 292. The topological polar surface area (TPSA) is 60.5 Å². The normalized spacial score (nSPS) is 11.3. The number of hydrogen-bond donors (Lipinski definition) is 1. The molecule has 0 radical (unpaired) electrons. The first kappa shape index (κ1) is 8.52. The highest BCUT2D eigenvalue weighted by molar-refractivity contribution is 5.81. The molecule has 0 bridgehead atoms. The summed E-state index contributed by atoms with van der Waals surface area (Å²) in [5, 5.41) is 0. The van der Waals surface area contributed by atoms with Gasteiger partial charge in [0, 0.05) is 6.20 Å². The van der Waals surface area contributed by atoms with Crippen LogP contribution < -0.4 is 10.5 Å². The zero-order valence-corrected chi connectivity index (χ0v) is 7.11. The predicted molar refractivity (Wildman–Crippen MR) is 47.7 cm³/mol. The van der Waals surface area contributed by atoms with Gasteiger partial charge in [0.05, 0.1) is 12.9 Å². The standard InChI is InChI=1S/C8H11N3O/c1-6(9)11-7-4-3-5-10-8(7)12-2/h3-5H,1-2H3,(H2,9,11). The molecule has 0 saturated carbocycles. The first-order valence-electron chi connectivity index (χ1n) is 3.54. The van der Waals surface area contributed by atoms with Crippen LogP contribution >= 0.6 is 0 Å². The van der Waals surface area contributed by atoms with Gasteiger partial charge < -0.3 is 10.5 Å². The summed E-state index contributed by atoms with van der Waals surface area (Å²) in [4.78, 5) is 8.00. The molecule has 4 nitrogen and oxygen atoms in total. The Hall–Kier alpha value is -1.58. The summed E-state index contributed by atoms with van der Waals surface area (Å²) >= 11 is 0. The Balaban J connectivity index is 3.05. The average Bonchev–Trinajstić information content (AvgIpc) is 2.04. The Morgan fingerprint density at radius 1 is 1.67 bits per heavy atom. The minimum Gasteiger partial charge on any atom is -0.479 e. The summed E-state index contributed by atoms with van der Waals surface area (Å²) in [7, 11) is 1.55. The van der Waals surface area contributed by atoms with Crippen LogP contribution in [-0.2, 0) is 0 Å². The number of rotatable bonds is 2. The number of aliphatic imine (C=N–C) groups is 1. The van der Waals surface area contributed by atoms with Gasteiger partial charge in [0.2, 0.25) is 5.88 Å². The molecule has 4 heteroatoms. The van der Waals surface area contributed by atoms with E-state index < -0.39 is 0 Å². The summed E-state index contributed by atoms with van der Waals surface area (Å²) in [6.07, 6.45) is 1.64. The van der Waals surface area contributed by atoms with Gasteiger partial charge in [0.15, 0.2) is 0 Å². The van der Waals surface area contributed by atoms with Crippen molar-refractivity contribution in [1.29, 1.82) is 0 Å². The number of aromatic nitrogens is 1. The van der Waals surface area contributed by atoms with Crippen LogP contribution in [0, 0.1) is 0 Å². The highest BCUT2D eigenvalue weighted by atomic mass is 16.5. The molecule has 0 aliphatic rings. The fourth-order valence-corrected chi connectivity index (χ4v) is 0.815. The number of amidine groups is 1. The highest BCUT2D eigenvalue weighted by Gasteiger charge is 1.99. The lowest BCUT2D eigenvalue weighted by Gasteiger charge is -2.01. The fraction of sp³-hybridized carbons (Fsp3) is 0.250. The van der Waals surface area contributed by atoms with Crippen molar-refractivity contribution < 1.29 is 4.74 Å². The van der Waals surface area contributed by atoms with Gasteiger partial charge >= 0.3 is 0 Å². The second-order valence-corrected chi connectivity index (χ2v) is 2.28. The molecule has 64 valence electrons. The van der Waals surface area contributed by atoms with Gasteiger partial charge in [-0.2, -0.15) is 0 Å². The molecule has 0 aliphatic heterocycles. The molecule has 0 saturated heterocycles. The Morgan fingerprint density at radius 3 is 3.00 bits per heavy atom. The van der Waals surface area contributed by atoms with Crippen LogP contribution in [0.25, 0.3) is 0 Å². The van der Waals surface area contributed by atoms with Crippen molar-refractivity contribution in [3.05, 3.63) is 18.3 Å². The molecule has 0 amide bonds. The van der Waals surface area contributed by atoms with Gasteiger partial charge in [0.25, 0.3) is 0 Å². The van der Waals surface area contributed by atoms with Crippen molar-refractivity contribution >= 4 is 11.5 Å². The number of nitrogens with two attached hydrogens (primary N) is 1. The van der Waals surface area contributed by atoms with Crippen molar-refractivity contribution in [2.45, 2.75) is 6.92 Å². The second-order valence-electron chi connectivity index (χ2n) is 2.28. The monoisotopic (exact) mass is 165 g/mol. The summed E-state index contributed by atoms with van der Waals surface area (Å²) in [6, 6.07) is 3.58. The third-order valence-corrected chi connectivity index (χ3v) is 1.24. The SMILES string of the molecule is COc1ncccc1N=C(C)N. The molecule has 0 atom stereocenters. The number of methoxy groups -OCH3 is 1. The maximum absolute atomic E-state index is 5.41. The van der Waals surface area contributed by atoms with Crippen LogP contribution in [0.1, 0.15) is 6.92 Å². The van der Waals surface area contributed by atoms with Gasteiger partial charge in [-0.3, -0.25) is 0 Å². The van der Waals surface area contributed by atoms with E-state index in [0.717, 1.165) is 0 Å². The van der Waals surface area contributed by atoms with E-state index in [4.69, 9.17) is 10.5 Å². The minimum absolute atomic E-state index is 0.487. The first-order chi connectivity index (χ1) is 5.74. The molecule has 0 fully saturated rings. The van der Waals surface area contributed by atoms with Crippen LogP contribution in [0.2, 0.25) is 0 Å². The molecular weight excluding hydrogens is 154 g/mol. The Labute approximate surface area is 71.1 Å². The van der Waals surface area contributed by atoms with Crippen molar-refractivity contribution in [2.24, 2.45) is 10.7 Å². The van der Waals surface area contributed by atoms with Gasteiger partial charge in [0.1, 0.15) is 5.69 Å². The molecular formula is C8H11N3O. The van der Waals surface area contributed by atoms with Crippen molar-refractivity contribution in [3.8, 4) is 5.88 Å². The minimum atomic E-state index is 0.487. The summed E-state index contributed by atoms with van der Waals surface area (Å²) in [5.74, 6) is 0.976. The van der Waals surface area contributed by atoms with Crippen molar-refractivity contribution in [1.82, 2.24) is 4.98 Å². The lowest BCUT2D eigenvalue weighted by atomic mass is 10.4. The quantitative estimate of drug-likeness (QED) is 0.527. The molecule has 0 unspecified atom stereocenters. The van der Waals surface area contributed by atoms with E-state index in [0.29, 0.717) is 17.4 Å². The van der Waals surface area contributed by atoms with Gasteiger partial charge in [-0.1, -0.05) is 0 Å². The summed E-state index contributed by atoms with van der Waals surface area (Å²) in [5.41, 5.74) is 6.07.